The van der Waals surface area contributed by atoms with Crippen LogP contribution in [-0.4, -0.2) is 21.6 Å². The van der Waals surface area contributed by atoms with Crippen molar-refractivity contribution >= 4 is 57.2 Å². The van der Waals surface area contributed by atoms with Gasteiger partial charge in [0.25, 0.3) is 0 Å². The third-order valence-electron chi connectivity index (χ3n) is 4.01. The Kier molecular flexibility index (Phi) is 5.90. The van der Waals surface area contributed by atoms with Gasteiger partial charge in [-0.3, -0.25) is 4.79 Å². The van der Waals surface area contributed by atoms with Crippen LogP contribution in [-0.2, 0) is 11.2 Å². The van der Waals surface area contributed by atoms with Crippen molar-refractivity contribution in [2.75, 3.05) is 11.1 Å². The second kappa shape index (κ2) is 8.73. The van der Waals surface area contributed by atoms with E-state index in [0.717, 1.165) is 21.8 Å². The van der Waals surface area contributed by atoms with E-state index in [4.69, 9.17) is 16.6 Å². The predicted octanol–water partition coefficient (Wildman–Crippen LogP) is 5.67. The molecule has 0 radical (unpaired) electrons. The molecule has 0 unspecified atom stereocenters. The summed E-state index contributed by atoms with van der Waals surface area (Å²) in [4.78, 5) is 23.0. The predicted molar refractivity (Wildman–Crippen MR) is 117 cm³/mol. The fourth-order valence-corrected chi connectivity index (χ4v) is 4.46. The number of amides is 1. The standard InChI is InChI=1S/C21H16ClN3OS2/c22-16-8-2-4-10-18(16)24-20(26)13-28-21-15-7-1-3-9-17(15)23-19(25-21)12-14-6-5-11-27-14/h1-11H,12-13H2,(H,24,26). The van der Waals surface area contributed by atoms with Crippen LogP contribution in [0.2, 0.25) is 5.02 Å². The molecular weight excluding hydrogens is 410 g/mol. The topological polar surface area (TPSA) is 54.9 Å². The minimum absolute atomic E-state index is 0.124. The molecule has 2 aromatic heterocycles. The molecule has 0 spiro atoms. The van der Waals surface area contributed by atoms with Crippen molar-refractivity contribution in [2.24, 2.45) is 0 Å². The molecule has 7 heteroatoms. The van der Waals surface area contributed by atoms with Gasteiger partial charge in [-0.05, 0) is 29.6 Å². The number of carbonyl (C=O) groups excluding carboxylic acids is 1. The number of nitrogens with zero attached hydrogens (tertiary/aromatic N) is 2. The summed E-state index contributed by atoms with van der Waals surface area (Å²) in [5.41, 5.74) is 1.50. The number of aromatic nitrogens is 2. The summed E-state index contributed by atoms with van der Waals surface area (Å²) >= 11 is 9.20. The van der Waals surface area contributed by atoms with Gasteiger partial charge in [-0.15, -0.1) is 11.3 Å². The lowest BCUT2D eigenvalue weighted by atomic mass is 10.2. The second-order valence-corrected chi connectivity index (χ2v) is 8.44. The molecule has 28 heavy (non-hydrogen) atoms. The van der Waals surface area contributed by atoms with Crippen LogP contribution in [0.1, 0.15) is 10.7 Å². The molecule has 0 saturated carbocycles. The Balaban J connectivity index is 1.53. The maximum absolute atomic E-state index is 12.4. The van der Waals surface area contributed by atoms with Crippen LogP contribution in [0, 0.1) is 0 Å². The molecule has 0 atom stereocenters. The monoisotopic (exact) mass is 425 g/mol. The average molecular weight is 426 g/mol. The van der Waals surface area contributed by atoms with E-state index in [-0.39, 0.29) is 11.7 Å². The molecule has 0 fully saturated rings. The summed E-state index contributed by atoms with van der Waals surface area (Å²) in [5, 5.41) is 7.18. The lowest BCUT2D eigenvalue weighted by molar-refractivity contribution is -0.113. The fraction of sp³-hybridized carbons (Fsp3) is 0.0952. The number of thioether (sulfide) groups is 1. The number of fused-ring (bicyclic) bond motifs is 1. The lowest BCUT2D eigenvalue weighted by Gasteiger charge is -2.09. The smallest absolute Gasteiger partial charge is 0.234 e. The Morgan fingerprint density at radius 3 is 2.68 bits per heavy atom. The number of nitrogens with one attached hydrogen (secondary N) is 1. The Morgan fingerprint density at radius 1 is 1.04 bits per heavy atom. The van der Waals surface area contributed by atoms with Crippen LogP contribution in [0.5, 0.6) is 0 Å². The SMILES string of the molecule is O=C(CSc1nc(Cc2cccs2)nc2ccccc12)Nc1ccccc1Cl. The summed E-state index contributed by atoms with van der Waals surface area (Å²) in [7, 11) is 0. The van der Waals surface area contributed by atoms with E-state index in [0.29, 0.717) is 17.1 Å². The molecule has 4 aromatic rings. The lowest BCUT2D eigenvalue weighted by Crippen LogP contribution is -2.14. The maximum Gasteiger partial charge on any atom is 0.234 e. The van der Waals surface area contributed by atoms with Crippen LogP contribution < -0.4 is 5.32 Å². The van der Waals surface area contributed by atoms with Gasteiger partial charge in [-0.2, -0.15) is 0 Å². The molecular formula is C21H16ClN3OS2. The van der Waals surface area contributed by atoms with Crippen LogP contribution in [0.25, 0.3) is 10.9 Å². The molecule has 0 saturated heterocycles. The Bertz CT molecular complexity index is 1120. The molecule has 0 aliphatic heterocycles. The van der Waals surface area contributed by atoms with Gasteiger partial charge in [-0.25, -0.2) is 9.97 Å². The minimum atomic E-state index is -0.124. The van der Waals surface area contributed by atoms with Crippen molar-refractivity contribution in [1.82, 2.24) is 9.97 Å². The molecule has 1 N–H and O–H groups in total. The second-order valence-electron chi connectivity index (χ2n) is 6.03. The first-order valence-corrected chi connectivity index (χ1v) is 10.9. The molecule has 4 nitrogen and oxygen atoms in total. The van der Waals surface area contributed by atoms with Crippen molar-refractivity contribution in [2.45, 2.75) is 11.4 Å². The van der Waals surface area contributed by atoms with Gasteiger partial charge < -0.3 is 5.32 Å². The first kappa shape index (κ1) is 18.9. The summed E-state index contributed by atoms with van der Waals surface area (Å²) < 4.78 is 0. The molecule has 0 aliphatic rings. The van der Waals surface area contributed by atoms with Crippen LogP contribution in [0.4, 0.5) is 5.69 Å². The van der Waals surface area contributed by atoms with E-state index in [1.54, 1.807) is 23.5 Å². The van der Waals surface area contributed by atoms with E-state index < -0.39 is 0 Å². The van der Waals surface area contributed by atoms with Gasteiger partial charge in [-0.1, -0.05) is 59.8 Å². The van der Waals surface area contributed by atoms with Gasteiger partial charge in [0.1, 0.15) is 10.9 Å². The number of benzene rings is 2. The molecule has 1 amide bonds. The Hall–Kier alpha value is -2.41. The zero-order valence-corrected chi connectivity index (χ0v) is 17.2. The third-order valence-corrected chi connectivity index (χ3v) is 6.21. The number of thiophene rings is 1. The molecule has 0 bridgehead atoms. The number of hydrogen-bond acceptors (Lipinski definition) is 5. The van der Waals surface area contributed by atoms with Gasteiger partial charge >= 0.3 is 0 Å². The summed E-state index contributed by atoms with van der Waals surface area (Å²) in [6.07, 6.45) is 0.682. The number of anilines is 1. The van der Waals surface area contributed by atoms with Gasteiger partial charge in [0, 0.05) is 16.7 Å². The fourth-order valence-electron chi connectivity index (χ4n) is 2.73. The zero-order chi connectivity index (χ0) is 19.3. The highest BCUT2D eigenvalue weighted by atomic mass is 35.5. The highest BCUT2D eigenvalue weighted by molar-refractivity contribution is 8.00. The van der Waals surface area contributed by atoms with E-state index in [1.807, 2.05) is 47.8 Å². The number of rotatable bonds is 6. The summed E-state index contributed by atoms with van der Waals surface area (Å²) in [6.45, 7) is 0. The number of para-hydroxylation sites is 2. The molecule has 2 heterocycles. The first-order chi connectivity index (χ1) is 13.7. The number of carbonyl (C=O) groups is 1. The summed E-state index contributed by atoms with van der Waals surface area (Å²) in [5.74, 6) is 0.876. The van der Waals surface area contributed by atoms with E-state index >= 15 is 0 Å². The van der Waals surface area contributed by atoms with Crippen LogP contribution in [0.15, 0.2) is 71.1 Å². The normalized spacial score (nSPS) is 10.9. The molecule has 140 valence electrons. The van der Waals surface area contributed by atoms with Crippen LogP contribution in [0.3, 0.4) is 0 Å². The molecule has 0 aliphatic carbocycles. The summed E-state index contributed by atoms with van der Waals surface area (Å²) in [6, 6.07) is 19.2. The van der Waals surface area contributed by atoms with Crippen molar-refractivity contribution in [3.8, 4) is 0 Å². The van der Waals surface area contributed by atoms with Gasteiger partial charge in [0.15, 0.2) is 0 Å². The zero-order valence-electron chi connectivity index (χ0n) is 14.8. The van der Waals surface area contributed by atoms with Crippen molar-refractivity contribution < 1.29 is 4.79 Å². The van der Waals surface area contributed by atoms with Crippen molar-refractivity contribution in [3.63, 3.8) is 0 Å². The number of halogens is 1. The third kappa shape index (κ3) is 4.52. The highest BCUT2D eigenvalue weighted by Gasteiger charge is 2.12. The first-order valence-electron chi connectivity index (χ1n) is 8.64. The minimum Gasteiger partial charge on any atom is -0.324 e. The Labute approximate surface area is 176 Å². The molecule has 4 rings (SSSR count). The van der Waals surface area contributed by atoms with Gasteiger partial charge in [0.2, 0.25) is 5.91 Å². The Morgan fingerprint density at radius 2 is 1.86 bits per heavy atom. The van der Waals surface area contributed by atoms with Crippen molar-refractivity contribution in [3.05, 3.63) is 81.8 Å². The highest BCUT2D eigenvalue weighted by Crippen LogP contribution is 2.27. The largest absolute Gasteiger partial charge is 0.324 e. The average Bonchev–Trinajstić information content (AvgIpc) is 3.21. The van der Waals surface area contributed by atoms with E-state index in [2.05, 4.69) is 16.4 Å². The van der Waals surface area contributed by atoms with E-state index in [1.165, 1.54) is 16.6 Å². The van der Waals surface area contributed by atoms with Crippen molar-refractivity contribution in [1.29, 1.82) is 0 Å². The maximum atomic E-state index is 12.4. The number of hydrogen-bond donors (Lipinski definition) is 1. The molecule has 2 aromatic carbocycles. The quantitative estimate of drug-likeness (QED) is 0.319. The van der Waals surface area contributed by atoms with Crippen LogP contribution >= 0.6 is 34.7 Å². The van der Waals surface area contributed by atoms with E-state index in [9.17, 15) is 4.79 Å². The van der Waals surface area contributed by atoms with Gasteiger partial charge in [0.05, 0.1) is 22.0 Å².